The van der Waals surface area contributed by atoms with Gasteiger partial charge in [-0.15, -0.1) is 0 Å². The zero-order valence-electron chi connectivity index (χ0n) is 11.7. The quantitative estimate of drug-likeness (QED) is 0.786. The molecule has 1 atom stereocenters. The Labute approximate surface area is 119 Å². The molecule has 3 heteroatoms. The molecule has 1 heterocycles. The smallest absolute Gasteiger partial charge is 0.0537 e. The first-order chi connectivity index (χ1) is 9.78. The van der Waals surface area contributed by atoms with Crippen molar-refractivity contribution in [3.63, 3.8) is 0 Å². The van der Waals surface area contributed by atoms with Crippen molar-refractivity contribution in [2.24, 2.45) is 5.73 Å². The molecule has 0 aliphatic rings. The summed E-state index contributed by atoms with van der Waals surface area (Å²) in [5.41, 5.74) is 8.72. The molecule has 0 aliphatic carbocycles. The fraction of sp³-hybridized carbons (Fsp3) is 0.235. The minimum absolute atomic E-state index is 0.0129. The van der Waals surface area contributed by atoms with Gasteiger partial charge in [0.15, 0.2) is 0 Å². The molecule has 0 fully saturated rings. The summed E-state index contributed by atoms with van der Waals surface area (Å²) in [4.78, 5) is 0. The number of nitrogens with zero attached hydrogens (tertiary/aromatic N) is 2. The van der Waals surface area contributed by atoms with Crippen LogP contribution in [0.25, 0.3) is 10.8 Å². The number of fused-ring (bicyclic) bond motifs is 1. The minimum Gasteiger partial charge on any atom is -0.324 e. The summed E-state index contributed by atoms with van der Waals surface area (Å²) in [6.07, 6.45) is 4.74. The molecule has 20 heavy (non-hydrogen) atoms. The van der Waals surface area contributed by atoms with E-state index in [4.69, 9.17) is 5.73 Å². The summed E-state index contributed by atoms with van der Waals surface area (Å²) in [6.45, 7) is 2.95. The van der Waals surface area contributed by atoms with Crippen molar-refractivity contribution < 1.29 is 0 Å². The van der Waals surface area contributed by atoms with Crippen LogP contribution in [-0.2, 0) is 13.0 Å². The largest absolute Gasteiger partial charge is 0.324 e. The number of benzene rings is 2. The zero-order valence-corrected chi connectivity index (χ0v) is 11.7. The molecule has 0 saturated heterocycles. The highest BCUT2D eigenvalue weighted by atomic mass is 15.3. The van der Waals surface area contributed by atoms with Gasteiger partial charge in [0.2, 0.25) is 0 Å². The number of hydrogen-bond donors (Lipinski definition) is 1. The molecule has 3 rings (SSSR count). The van der Waals surface area contributed by atoms with Crippen LogP contribution >= 0.6 is 0 Å². The number of rotatable bonds is 4. The third-order valence-electron chi connectivity index (χ3n) is 3.73. The first-order valence-corrected chi connectivity index (χ1v) is 7.02. The van der Waals surface area contributed by atoms with E-state index in [0.29, 0.717) is 0 Å². The Morgan fingerprint density at radius 1 is 1.15 bits per heavy atom. The summed E-state index contributed by atoms with van der Waals surface area (Å²) in [6, 6.07) is 14.8. The van der Waals surface area contributed by atoms with Crippen LogP contribution in [0, 0.1) is 0 Å². The predicted molar refractivity (Wildman–Crippen MR) is 82.5 cm³/mol. The van der Waals surface area contributed by atoms with E-state index < -0.39 is 0 Å². The molecule has 0 radical (unpaired) electrons. The van der Waals surface area contributed by atoms with Gasteiger partial charge in [-0.25, -0.2) is 0 Å². The first-order valence-electron chi connectivity index (χ1n) is 7.02. The van der Waals surface area contributed by atoms with Gasteiger partial charge in [0.1, 0.15) is 0 Å². The van der Waals surface area contributed by atoms with Gasteiger partial charge in [-0.2, -0.15) is 5.10 Å². The summed E-state index contributed by atoms with van der Waals surface area (Å²) >= 11 is 0. The van der Waals surface area contributed by atoms with E-state index in [0.717, 1.165) is 18.5 Å². The van der Waals surface area contributed by atoms with Crippen molar-refractivity contribution in [2.45, 2.75) is 25.9 Å². The Morgan fingerprint density at radius 3 is 2.75 bits per heavy atom. The number of hydrogen-bond acceptors (Lipinski definition) is 2. The Morgan fingerprint density at radius 2 is 1.95 bits per heavy atom. The molecular formula is C17H19N3. The van der Waals surface area contributed by atoms with Crippen LogP contribution in [0.5, 0.6) is 0 Å². The number of nitrogens with two attached hydrogens (primary N) is 1. The fourth-order valence-corrected chi connectivity index (χ4v) is 2.57. The lowest BCUT2D eigenvalue weighted by atomic mass is 9.97. The third kappa shape index (κ3) is 2.45. The lowest BCUT2D eigenvalue weighted by molar-refractivity contribution is 0.656. The number of aromatic nitrogens is 2. The van der Waals surface area contributed by atoms with Gasteiger partial charge in [0.05, 0.1) is 6.20 Å². The average molecular weight is 265 g/mol. The van der Waals surface area contributed by atoms with Crippen LogP contribution in [0.4, 0.5) is 0 Å². The Balaban J connectivity index is 1.89. The molecule has 102 valence electrons. The van der Waals surface area contributed by atoms with Crippen molar-refractivity contribution >= 4 is 10.8 Å². The second-order valence-corrected chi connectivity index (χ2v) is 5.08. The lowest BCUT2D eigenvalue weighted by Gasteiger charge is -2.12. The summed E-state index contributed by atoms with van der Waals surface area (Å²) in [5.74, 6) is 0. The maximum Gasteiger partial charge on any atom is 0.0537 e. The average Bonchev–Trinajstić information content (AvgIpc) is 2.97. The third-order valence-corrected chi connectivity index (χ3v) is 3.73. The van der Waals surface area contributed by atoms with Gasteiger partial charge in [0, 0.05) is 24.3 Å². The molecule has 0 saturated carbocycles. The van der Waals surface area contributed by atoms with Gasteiger partial charge in [-0.1, -0.05) is 42.5 Å². The fourth-order valence-electron chi connectivity index (χ4n) is 2.57. The van der Waals surface area contributed by atoms with Crippen molar-refractivity contribution in [3.05, 3.63) is 66.0 Å². The van der Waals surface area contributed by atoms with Crippen LogP contribution in [0.1, 0.15) is 24.1 Å². The van der Waals surface area contributed by atoms with Gasteiger partial charge < -0.3 is 5.73 Å². The summed E-state index contributed by atoms with van der Waals surface area (Å²) in [5, 5.41) is 6.85. The Kier molecular flexibility index (Phi) is 3.52. The second kappa shape index (κ2) is 5.47. The minimum atomic E-state index is -0.0129. The molecule has 1 unspecified atom stereocenters. The SMILES string of the molecule is CCn1cc(C(N)Cc2cccc3ccccc23)cn1. The lowest BCUT2D eigenvalue weighted by Crippen LogP contribution is -2.13. The molecule has 0 bridgehead atoms. The maximum absolute atomic E-state index is 6.33. The van der Waals surface area contributed by atoms with Gasteiger partial charge >= 0.3 is 0 Å². The maximum atomic E-state index is 6.33. The van der Waals surface area contributed by atoms with E-state index in [1.807, 2.05) is 17.1 Å². The molecule has 0 spiro atoms. The van der Waals surface area contributed by atoms with Gasteiger partial charge in [-0.05, 0) is 29.7 Å². The normalized spacial score (nSPS) is 12.7. The van der Waals surface area contributed by atoms with E-state index >= 15 is 0 Å². The van der Waals surface area contributed by atoms with Crippen LogP contribution in [0.15, 0.2) is 54.9 Å². The molecule has 0 amide bonds. The molecular weight excluding hydrogens is 246 g/mol. The summed E-state index contributed by atoms with van der Waals surface area (Å²) in [7, 11) is 0. The molecule has 3 nitrogen and oxygen atoms in total. The molecule has 0 aliphatic heterocycles. The highest BCUT2D eigenvalue weighted by Gasteiger charge is 2.11. The van der Waals surface area contributed by atoms with Crippen LogP contribution in [-0.4, -0.2) is 9.78 Å². The van der Waals surface area contributed by atoms with Gasteiger partial charge in [0.25, 0.3) is 0 Å². The first kappa shape index (κ1) is 12.9. The summed E-state index contributed by atoms with van der Waals surface area (Å²) < 4.78 is 1.91. The van der Waals surface area contributed by atoms with E-state index in [2.05, 4.69) is 54.5 Å². The van der Waals surface area contributed by atoms with Crippen molar-refractivity contribution in [3.8, 4) is 0 Å². The number of aryl methyl sites for hydroxylation is 1. The van der Waals surface area contributed by atoms with E-state index in [1.165, 1.54) is 16.3 Å². The Hall–Kier alpha value is -2.13. The van der Waals surface area contributed by atoms with Gasteiger partial charge in [-0.3, -0.25) is 4.68 Å². The molecule has 2 aromatic carbocycles. The predicted octanol–water partition coefficient (Wildman–Crippen LogP) is 3.30. The highest BCUT2D eigenvalue weighted by molar-refractivity contribution is 5.85. The van der Waals surface area contributed by atoms with Crippen LogP contribution < -0.4 is 5.73 Å². The van der Waals surface area contributed by atoms with E-state index in [1.54, 1.807) is 0 Å². The topological polar surface area (TPSA) is 43.8 Å². The van der Waals surface area contributed by atoms with Crippen LogP contribution in [0.2, 0.25) is 0 Å². The molecule has 1 aromatic heterocycles. The standard InChI is InChI=1S/C17H19N3/c1-2-20-12-15(11-19-20)17(18)10-14-8-5-7-13-6-3-4-9-16(13)14/h3-9,11-12,17H,2,10,18H2,1H3. The van der Waals surface area contributed by atoms with Crippen LogP contribution in [0.3, 0.4) is 0 Å². The van der Waals surface area contributed by atoms with Crippen molar-refractivity contribution in [1.82, 2.24) is 9.78 Å². The molecule has 3 aromatic rings. The van der Waals surface area contributed by atoms with Crippen molar-refractivity contribution in [2.75, 3.05) is 0 Å². The van der Waals surface area contributed by atoms with Crippen molar-refractivity contribution in [1.29, 1.82) is 0 Å². The Bertz CT molecular complexity index is 710. The van der Waals surface area contributed by atoms with E-state index in [-0.39, 0.29) is 6.04 Å². The second-order valence-electron chi connectivity index (χ2n) is 5.08. The van der Waals surface area contributed by atoms with E-state index in [9.17, 15) is 0 Å². The highest BCUT2D eigenvalue weighted by Crippen LogP contribution is 2.23. The zero-order chi connectivity index (χ0) is 13.9. The molecule has 2 N–H and O–H groups in total. The monoisotopic (exact) mass is 265 g/mol.